The quantitative estimate of drug-likeness (QED) is 0.899. The van der Waals surface area contributed by atoms with Crippen molar-refractivity contribution in [3.8, 4) is 0 Å². The minimum Gasteiger partial charge on any atom is -0.338 e. The first-order valence-corrected chi connectivity index (χ1v) is 7.05. The van der Waals surface area contributed by atoms with Gasteiger partial charge in [-0.2, -0.15) is 0 Å². The molecule has 3 nitrogen and oxygen atoms in total. The Morgan fingerprint density at radius 2 is 2.10 bits per heavy atom. The lowest BCUT2D eigenvalue weighted by Crippen LogP contribution is -2.49. The van der Waals surface area contributed by atoms with E-state index in [4.69, 9.17) is 0 Å². The molecule has 0 saturated carbocycles. The number of nitrogens with one attached hydrogen (secondary N) is 1. The summed E-state index contributed by atoms with van der Waals surface area (Å²) in [5, 5.41) is 3.26. The standard InChI is InChI=1S/C15H18F2N2O/c16-12-3-2-11(8-13(12)17)9-19-7-1-4-15(14(19)20)5-6-18-10-15/h2-3,8,18H,1,4-7,9-10H2/t15-/m1/s1. The predicted octanol–water partition coefficient (Wildman–Crippen LogP) is 2.07. The van der Waals surface area contributed by atoms with Crippen molar-refractivity contribution in [2.45, 2.75) is 25.8 Å². The third-order valence-corrected chi connectivity index (χ3v) is 4.43. The minimum absolute atomic E-state index is 0.151. The van der Waals surface area contributed by atoms with Crippen LogP contribution in [0.5, 0.6) is 0 Å². The Balaban J connectivity index is 1.76. The van der Waals surface area contributed by atoms with E-state index in [1.165, 1.54) is 6.07 Å². The number of likely N-dealkylation sites (tertiary alicyclic amines) is 1. The fraction of sp³-hybridized carbons (Fsp3) is 0.533. The van der Waals surface area contributed by atoms with E-state index >= 15 is 0 Å². The van der Waals surface area contributed by atoms with Crippen LogP contribution in [0.25, 0.3) is 0 Å². The molecule has 1 aromatic rings. The van der Waals surface area contributed by atoms with Crippen LogP contribution in [0.15, 0.2) is 18.2 Å². The average molecular weight is 280 g/mol. The van der Waals surface area contributed by atoms with E-state index in [-0.39, 0.29) is 11.3 Å². The van der Waals surface area contributed by atoms with E-state index in [2.05, 4.69) is 5.32 Å². The van der Waals surface area contributed by atoms with Crippen molar-refractivity contribution in [3.63, 3.8) is 0 Å². The molecule has 20 heavy (non-hydrogen) atoms. The smallest absolute Gasteiger partial charge is 0.230 e. The third-order valence-electron chi connectivity index (χ3n) is 4.43. The van der Waals surface area contributed by atoms with Crippen LogP contribution in [0, 0.1) is 17.0 Å². The van der Waals surface area contributed by atoms with Gasteiger partial charge in [0.2, 0.25) is 5.91 Å². The zero-order valence-electron chi connectivity index (χ0n) is 11.3. The molecule has 1 atom stereocenters. The highest BCUT2D eigenvalue weighted by atomic mass is 19.2. The molecule has 0 bridgehead atoms. The highest BCUT2D eigenvalue weighted by Crippen LogP contribution is 2.37. The van der Waals surface area contributed by atoms with Gasteiger partial charge in [-0.05, 0) is 43.5 Å². The Morgan fingerprint density at radius 1 is 1.25 bits per heavy atom. The summed E-state index contributed by atoms with van der Waals surface area (Å²) in [6, 6.07) is 3.84. The van der Waals surface area contributed by atoms with Crippen LogP contribution in [0.3, 0.4) is 0 Å². The van der Waals surface area contributed by atoms with Crippen LogP contribution in [-0.2, 0) is 11.3 Å². The lowest BCUT2D eigenvalue weighted by Gasteiger charge is -2.39. The van der Waals surface area contributed by atoms with Crippen molar-refractivity contribution in [3.05, 3.63) is 35.4 Å². The maximum atomic E-state index is 13.2. The van der Waals surface area contributed by atoms with Crippen molar-refractivity contribution in [2.24, 2.45) is 5.41 Å². The molecular formula is C15H18F2N2O. The van der Waals surface area contributed by atoms with E-state index < -0.39 is 11.6 Å². The van der Waals surface area contributed by atoms with Gasteiger partial charge in [0, 0.05) is 19.6 Å². The van der Waals surface area contributed by atoms with Gasteiger partial charge in [0.1, 0.15) is 0 Å². The summed E-state index contributed by atoms with van der Waals surface area (Å²) < 4.78 is 26.2. The predicted molar refractivity (Wildman–Crippen MR) is 70.9 cm³/mol. The Bertz CT molecular complexity index is 527. The molecule has 108 valence electrons. The van der Waals surface area contributed by atoms with Crippen LogP contribution >= 0.6 is 0 Å². The Kier molecular flexibility index (Phi) is 3.46. The first-order chi connectivity index (χ1) is 9.61. The van der Waals surface area contributed by atoms with Gasteiger partial charge in [0.25, 0.3) is 0 Å². The van der Waals surface area contributed by atoms with Gasteiger partial charge in [0.15, 0.2) is 11.6 Å². The highest BCUT2D eigenvalue weighted by Gasteiger charge is 2.45. The maximum Gasteiger partial charge on any atom is 0.230 e. The van der Waals surface area contributed by atoms with E-state index in [1.807, 2.05) is 0 Å². The SMILES string of the molecule is O=C1N(Cc2ccc(F)c(F)c2)CCC[C@]12CCNC2. The van der Waals surface area contributed by atoms with Gasteiger partial charge >= 0.3 is 0 Å². The molecule has 2 fully saturated rings. The number of carbonyl (C=O) groups excluding carboxylic acids is 1. The Morgan fingerprint density at radius 3 is 2.80 bits per heavy atom. The molecule has 5 heteroatoms. The summed E-state index contributed by atoms with van der Waals surface area (Å²) in [7, 11) is 0. The summed E-state index contributed by atoms with van der Waals surface area (Å²) >= 11 is 0. The molecule has 2 saturated heterocycles. The maximum absolute atomic E-state index is 13.2. The zero-order chi connectivity index (χ0) is 14.2. The summed E-state index contributed by atoms with van der Waals surface area (Å²) in [5.74, 6) is -1.56. The summed E-state index contributed by atoms with van der Waals surface area (Å²) in [5.41, 5.74) is 0.372. The van der Waals surface area contributed by atoms with Crippen LogP contribution in [0.2, 0.25) is 0 Å². The molecular weight excluding hydrogens is 262 g/mol. The first kappa shape index (κ1) is 13.5. The molecule has 0 aromatic heterocycles. The number of carbonyl (C=O) groups is 1. The second-order valence-corrected chi connectivity index (χ2v) is 5.79. The van der Waals surface area contributed by atoms with E-state index in [0.29, 0.717) is 18.7 Å². The number of rotatable bonds is 2. The molecule has 3 rings (SSSR count). The average Bonchev–Trinajstić information content (AvgIpc) is 2.89. The van der Waals surface area contributed by atoms with Crippen molar-refractivity contribution < 1.29 is 13.6 Å². The lowest BCUT2D eigenvalue weighted by molar-refractivity contribution is -0.145. The molecule has 1 amide bonds. The molecule has 0 radical (unpaired) electrons. The fourth-order valence-electron chi connectivity index (χ4n) is 3.30. The Labute approximate surface area is 117 Å². The number of amides is 1. The number of hydrogen-bond donors (Lipinski definition) is 1. The van der Waals surface area contributed by atoms with Gasteiger partial charge in [-0.3, -0.25) is 4.79 Å². The van der Waals surface area contributed by atoms with Crippen LogP contribution < -0.4 is 5.32 Å². The summed E-state index contributed by atoms with van der Waals surface area (Å²) in [4.78, 5) is 14.4. The number of hydrogen-bond acceptors (Lipinski definition) is 2. The molecule has 1 spiro atoms. The Hall–Kier alpha value is -1.49. The number of halogens is 2. The van der Waals surface area contributed by atoms with Crippen molar-refractivity contribution in [1.82, 2.24) is 10.2 Å². The number of benzene rings is 1. The van der Waals surface area contributed by atoms with Crippen molar-refractivity contribution in [1.29, 1.82) is 0 Å². The van der Waals surface area contributed by atoms with Crippen LogP contribution in [-0.4, -0.2) is 30.4 Å². The normalized spacial score (nSPS) is 26.5. The monoisotopic (exact) mass is 280 g/mol. The highest BCUT2D eigenvalue weighted by molar-refractivity contribution is 5.84. The zero-order valence-corrected chi connectivity index (χ0v) is 11.3. The molecule has 0 aliphatic carbocycles. The topological polar surface area (TPSA) is 32.3 Å². The second-order valence-electron chi connectivity index (χ2n) is 5.79. The fourth-order valence-corrected chi connectivity index (χ4v) is 3.30. The molecule has 1 aromatic carbocycles. The molecule has 1 N–H and O–H groups in total. The second kappa shape index (κ2) is 5.13. The first-order valence-electron chi connectivity index (χ1n) is 7.05. The summed E-state index contributed by atoms with van der Waals surface area (Å²) in [6.07, 6.45) is 2.77. The number of piperidine rings is 1. The van der Waals surface area contributed by atoms with E-state index in [1.54, 1.807) is 11.0 Å². The van der Waals surface area contributed by atoms with Gasteiger partial charge in [-0.1, -0.05) is 6.07 Å². The number of nitrogens with zero attached hydrogens (tertiary/aromatic N) is 1. The largest absolute Gasteiger partial charge is 0.338 e. The van der Waals surface area contributed by atoms with Crippen molar-refractivity contribution >= 4 is 5.91 Å². The van der Waals surface area contributed by atoms with E-state index in [0.717, 1.165) is 38.4 Å². The van der Waals surface area contributed by atoms with E-state index in [9.17, 15) is 13.6 Å². The molecule has 2 aliphatic rings. The van der Waals surface area contributed by atoms with Gasteiger partial charge in [0.05, 0.1) is 5.41 Å². The van der Waals surface area contributed by atoms with Gasteiger partial charge in [-0.15, -0.1) is 0 Å². The third kappa shape index (κ3) is 2.30. The van der Waals surface area contributed by atoms with Gasteiger partial charge < -0.3 is 10.2 Å². The van der Waals surface area contributed by atoms with Crippen molar-refractivity contribution in [2.75, 3.05) is 19.6 Å². The summed E-state index contributed by atoms with van der Waals surface area (Å²) in [6.45, 7) is 2.67. The lowest BCUT2D eigenvalue weighted by atomic mass is 9.78. The van der Waals surface area contributed by atoms with Crippen LogP contribution in [0.1, 0.15) is 24.8 Å². The van der Waals surface area contributed by atoms with Crippen LogP contribution in [0.4, 0.5) is 8.78 Å². The minimum atomic E-state index is -0.857. The van der Waals surface area contributed by atoms with Gasteiger partial charge in [-0.25, -0.2) is 8.78 Å². The molecule has 2 heterocycles. The molecule has 2 aliphatic heterocycles. The molecule has 0 unspecified atom stereocenters.